The number of benzene rings is 1. The van der Waals surface area contributed by atoms with E-state index >= 15 is 0 Å². The fourth-order valence-electron chi connectivity index (χ4n) is 3.04. The molecule has 1 aromatic carbocycles. The van der Waals surface area contributed by atoms with Crippen LogP contribution in [0.5, 0.6) is 0 Å². The van der Waals surface area contributed by atoms with Gasteiger partial charge in [0.05, 0.1) is 5.69 Å². The summed E-state index contributed by atoms with van der Waals surface area (Å²) in [6.45, 7) is 0. The Morgan fingerprint density at radius 2 is 2.05 bits per heavy atom. The Hall–Kier alpha value is -1.62. The first kappa shape index (κ1) is 14.3. The maximum absolute atomic E-state index is 13.3. The van der Waals surface area contributed by atoms with Gasteiger partial charge in [-0.2, -0.15) is 0 Å². The maximum Gasteiger partial charge on any atom is 0.266 e. The summed E-state index contributed by atoms with van der Waals surface area (Å²) in [5.41, 5.74) is 6.48. The van der Waals surface area contributed by atoms with E-state index in [9.17, 15) is 9.18 Å². The third-order valence-corrected chi connectivity index (χ3v) is 5.50. The van der Waals surface area contributed by atoms with E-state index < -0.39 is 0 Å². The van der Waals surface area contributed by atoms with Crippen LogP contribution in [0.15, 0.2) is 18.2 Å². The van der Waals surface area contributed by atoms with Crippen molar-refractivity contribution in [2.45, 2.75) is 38.1 Å². The molecule has 0 saturated heterocycles. The van der Waals surface area contributed by atoms with Crippen molar-refractivity contribution in [2.75, 3.05) is 12.8 Å². The Kier molecular flexibility index (Phi) is 3.85. The van der Waals surface area contributed by atoms with Crippen molar-refractivity contribution in [2.24, 2.45) is 0 Å². The predicted molar refractivity (Wildman–Crippen MR) is 85.2 cm³/mol. The Morgan fingerprint density at radius 1 is 1.33 bits per heavy atom. The quantitative estimate of drug-likeness (QED) is 0.910. The van der Waals surface area contributed by atoms with Gasteiger partial charge in [-0.25, -0.2) is 4.39 Å². The lowest BCUT2D eigenvalue weighted by Crippen LogP contribution is -2.38. The Bertz CT molecular complexity index is 676. The van der Waals surface area contributed by atoms with Crippen molar-refractivity contribution in [1.82, 2.24) is 4.90 Å². The summed E-state index contributed by atoms with van der Waals surface area (Å²) < 4.78 is 14.2. The van der Waals surface area contributed by atoms with E-state index in [0.717, 1.165) is 17.5 Å². The Labute approximate surface area is 127 Å². The van der Waals surface area contributed by atoms with Gasteiger partial charge in [0, 0.05) is 23.2 Å². The SMILES string of the molecule is CN(C(=O)c1sc2ccc(F)cc2c1N)C1CCCCC1. The van der Waals surface area contributed by atoms with Crippen LogP contribution in [0.25, 0.3) is 10.1 Å². The van der Waals surface area contributed by atoms with E-state index in [2.05, 4.69) is 0 Å². The van der Waals surface area contributed by atoms with Gasteiger partial charge in [-0.3, -0.25) is 4.79 Å². The van der Waals surface area contributed by atoms with Crippen molar-refractivity contribution >= 4 is 33.0 Å². The minimum atomic E-state index is -0.327. The van der Waals surface area contributed by atoms with Crippen LogP contribution in [-0.2, 0) is 0 Å². The van der Waals surface area contributed by atoms with Crippen LogP contribution in [0, 0.1) is 5.82 Å². The summed E-state index contributed by atoms with van der Waals surface area (Å²) in [6, 6.07) is 4.78. The van der Waals surface area contributed by atoms with Gasteiger partial charge < -0.3 is 10.6 Å². The summed E-state index contributed by atoms with van der Waals surface area (Å²) in [6.07, 6.45) is 5.72. The second-order valence-electron chi connectivity index (χ2n) is 5.69. The van der Waals surface area contributed by atoms with E-state index in [1.807, 2.05) is 11.9 Å². The number of nitrogen functional groups attached to an aromatic ring is 1. The van der Waals surface area contributed by atoms with Crippen molar-refractivity contribution in [3.05, 3.63) is 28.9 Å². The minimum absolute atomic E-state index is 0.0407. The zero-order chi connectivity index (χ0) is 15.0. The molecule has 1 amide bonds. The molecule has 1 fully saturated rings. The first-order valence-electron chi connectivity index (χ1n) is 7.32. The maximum atomic E-state index is 13.3. The molecular formula is C16H19FN2OS. The largest absolute Gasteiger partial charge is 0.397 e. The molecule has 3 nitrogen and oxygen atoms in total. The zero-order valence-electron chi connectivity index (χ0n) is 12.1. The summed E-state index contributed by atoms with van der Waals surface area (Å²) in [7, 11) is 1.85. The number of hydrogen-bond acceptors (Lipinski definition) is 3. The molecule has 3 rings (SSSR count). The van der Waals surface area contributed by atoms with E-state index in [1.54, 1.807) is 6.07 Å². The van der Waals surface area contributed by atoms with Crippen LogP contribution in [-0.4, -0.2) is 23.9 Å². The van der Waals surface area contributed by atoms with Gasteiger partial charge in [0.2, 0.25) is 0 Å². The van der Waals surface area contributed by atoms with Gasteiger partial charge in [0.1, 0.15) is 10.7 Å². The molecule has 2 N–H and O–H groups in total. The molecule has 21 heavy (non-hydrogen) atoms. The molecule has 1 aromatic heterocycles. The number of amides is 1. The number of carbonyl (C=O) groups excluding carboxylic acids is 1. The average Bonchev–Trinajstić information content (AvgIpc) is 2.83. The lowest BCUT2D eigenvalue weighted by molar-refractivity contribution is 0.0702. The molecule has 2 aromatic rings. The lowest BCUT2D eigenvalue weighted by Gasteiger charge is -2.31. The average molecular weight is 306 g/mol. The minimum Gasteiger partial charge on any atom is -0.397 e. The van der Waals surface area contributed by atoms with Gasteiger partial charge in [-0.1, -0.05) is 19.3 Å². The van der Waals surface area contributed by atoms with Gasteiger partial charge >= 0.3 is 0 Å². The number of nitrogens with zero attached hydrogens (tertiary/aromatic N) is 1. The number of nitrogens with two attached hydrogens (primary N) is 1. The Morgan fingerprint density at radius 3 is 2.76 bits per heavy atom. The molecule has 1 aliphatic rings. The van der Waals surface area contributed by atoms with Gasteiger partial charge in [0.25, 0.3) is 5.91 Å². The normalized spacial score (nSPS) is 16.3. The van der Waals surface area contributed by atoms with Crippen LogP contribution in [0.1, 0.15) is 41.8 Å². The molecule has 1 saturated carbocycles. The number of thiophene rings is 1. The molecule has 0 unspecified atom stereocenters. The van der Waals surface area contributed by atoms with E-state index in [1.165, 1.54) is 42.7 Å². The smallest absolute Gasteiger partial charge is 0.266 e. The fourth-order valence-corrected chi connectivity index (χ4v) is 4.13. The highest BCUT2D eigenvalue weighted by atomic mass is 32.1. The number of halogens is 1. The topological polar surface area (TPSA) is 46.3 Å². The highest BCUT2D eigenvalue weighted by molar-refractivity contribution is 7.21. The lowest BCUT2D eigenvalue weighted by atomic mass is 9.94. The van der Waals surface area contributed by atoms with Gasteiger partial charge in [-0.15, -0.1) is 11.3 Å². The standard InChI is InChI=1S/C16H19FN2OS/c1-19(11-5-3-2-4-6-11)16(20)15-14(18)12-9-10(17)7-8-13(12)21-15/h7-9,11H,2-6,18H2,1H3. The van der Waals surface area contributed by atoms with Crippen LogP contribution < -0.4 is 5.73 Å². The third-order valence-electron chi connectivity index (χ3n) is 4.33. The summed E-state index contributed by atoms with van der Waals surface area (Å²) in [5, 5.41) is 0.639. The third kappa shape index (κ3) is 2.62. The molecule has 112 valence electrons. The fraction of sp³-hybridized carbons (Fsp3) is 0.438. The highest BCUT2D eigenvalue weighted by Crippen LogP contribution is 2.35. The molecule has 0 bridgehead atoms. The number of rotatable bonds is 2. The zero-order valence-corrected chi connectivity index (χ0v) is 12.9. The van der Waals surface area contributed by atoms with Crippen molar-refractivity contribution < 1.29 is 9.18 Å². The van der Waals surface area contributed by atoms with Crippen molar-refractivity contribution in [3.8, 4) is 0 Å². The molecule has 5 heteroatoms. The molecule has 0 radical (unpaired) electrons. The summed E-state index contributed by atoms with van der Waals surface area (Å²) >= 11 is 1.35. The highest BCUT2D eigenvalue weighted by Gasteiger charge is 2.26. The predicted octanol–water partition coefficient (Wildman–Crippen LogP) is 4.03. The van der Waals surface area contributed by atoms with Crippen LogP contribution >= 0.6 is 11.3 Å². The van der Waals surface area contributed by atoms with E-state index in [0.29, 0.717) is 22.0 Å². The Balaban J connectivity index is 1.92. The molecule has 0 spiro atoms. The molecule has 0 aliphatic heterocycles. The monoisotopic (exact) mass is 306 g/mol. The first-order valence-corrected chi connectivity index (χ1v) is 8.14. The van der Waals surface area contributed by atoms with Crippen LogP contribution in [0.4, 0.5) is 10.1 Å². The number of carbonyl (C=O) groups is 1. The van der Waals surface area contributed by atoms with Crippen molar-refractivity contribution in [3.63, 3.8) is 0 Å². The van der Waals surface area contributed by atoms with Crippen LogP contribution in [0.2, 0.25) is 0 Å². The summed E-state index contributed by atoms with van der Waals surface area (Å²) in [4.78, 5) is 15.0. The second-order valence-corrected chi connectivity index (χ2v) is 6.75. The van der Waals surface area contributed by atoms with Gasteiger partial charge in [0.15, 0.2) is 0 Å². The van der Waals surface area contributed by atoms with E-state index in [-0.39, 0.29) is 11.7 Å². The molecule has 1 heterocycles. The van der Waals surface area contributed by atoms with Crippen LogP contribution in [0.3, 0.4) is 0 Å². The van der Waals surface area contributed by atoms with Gasteiger partial charge in [-0.05, 0) is 31.0 Å². The molecule has 0 atom stereocenters. The summed E-state index contributed by atoms with van der Waals surface area (Å²) in [5.74, 6) is -0.368. The molecular weight excluding hydrogens is 287 g/mol. The second kappa shape index (κ2) is 5.64. The van der Waals surface area contributed by atoms with E-state index in [4.69, 9.17) is 5.73 Å². The molecule has 1 aliphatic carbocycles. The number of hydrogen-bond donors (Lipinski definition) is 1. The number of fused-ring (bicyclic) bond motifs is 1. The van der Waals surface area contributed by atoms with Crippen molar-refractivity contribution in [1.29, 1.82) is 0 Å². The first-order chi connectivity index (χ1) is 10.1. The number of anilines is 1.